The van der Waals surface area contributed by atoms with E-state index in [-0.39, 0.29) is 33.5 Å². The first-order valence-corrected chi connectivity index (χ1v) is 11.3. The molecule has 0 spiro atoms. The minimum atomic E-state index is -1.12. The van der Waals surface area contributed by atoms with Crippen LogP contribution in [-0.4, -0.2) is 42.9 Å². The van der Waals surface area contributed by atoms with Crippen molar-refractivity contribution in [3.8, 4) is 11.5 Å². The number of hydrogen-bond acceptors (Lipinski definition) is 6. The van der Waals surface area contributed by atoms with Crippen molar-refractivity contribution >= 4 is 52.5 Å². The topological polar surface area (TPSA) is 114 Å². The van der Waals surface area contributed by atoms with Gasteiger partial charge in [0.2, 0.25) is 5.91 Å². The lowest BCUT2D eigenvalue weighted by molar-refractivity contribution is -0.113. The van der Waals surface area contributed by atoms with Gasteiger partial charge >= 0.3 is 5.97 Å². The second kappa shape index (κ2) is 11.4. The van der Waals surface area contributed by atoms with Gasteiger partial charge in [-0.1, -0.05) is 23.7 Å². The fourth-order valence-electron chi connectivity index (χ4n) is 3.02. The molecule has 2 amide bonds. The number of carboxylic acids is 1. The Morgan fingerprint density at radius 1 is 0.941 bits per heavy atom. The third-order valence-corrected chi connectivity index (χ3v) is 5.93. The van der Waals surface area contributed by atoms with E-state index in [4.69, 9.17) is 26.2 Å². The molecular weight excluding hydrogens is 480 g/mol. The summed E-state index contributed by atoms with van der Waals surface area (Å²) in [7, 11) is 2.94. The van der Waals surface area contributed by atoms with Crippen molar-refractivity contribution < 1.29 is 29.0 Å². The van der Waals surface area contributed by atoms with E-state index in [0.29, 0.717) is 17.2 Å². The Balaban J connectivity index is 1.66. The lowest BCUT2D eigenvalue weighted by atomic mass is 10.1. The number of rotatable bonds is 9. The number of ether oxygens (including phenoxy) is 2. The van der Waals surface area contributed by atoms with Crippen LogP contribution in [-0.2, 0) is 4.79 Å². The first kappa shape index (κ1) is 24.9. The summed E-state index contributed by atoms with van der Waals surface area (Å²) in [6.07, 6.45) is 0. The second-order valence-electron chi connectivity index (χ2n) is 6.86. The molecular formula is C24H21ClN2O6S. The number of carbonyl (C=O) groups is 3. The fourth-order valence-corrected chi connectivity index (χ4v) is 3.94. The summed E-state index contributed by atoms with van der Waals surface area (Å²) in [6, 6.07) is 16.1. The molecule has 0 atom stereocenters. The number of anilines is 2. The molecule has 0 aromatic heterocycles. The predicted molar refractivity (Wildman–Crippen MR) is 132 cm³/mol. The number of amides is 2. The number of carboxylic acid groups (broad SMARTS) is 1. The molecule has 0 aliphatic carbocycles. The van der Waals surface area contributed by atoms with Gasteiger partial charge in [0, 0.05) is 10.6 Å². The zero-order valence-corrected chi connectivity index (χ0v) is 19.8. The lowest BCUT2D eigenvalue weighted by Crippen LogP contribution is -2.15. The number of halogens is 1. The van der Waals surface area contributed by atoms with Crippen molar-refractivity contribution in [2.75, 3.05) is 30.6 Å². The predicted octanol–water partition coefficient (Wildman–Crippen LogP) is 5.04. The van der Waals surface area contributed by atoms with Gasteiger partial charge in [-0.15, -0.1) is 11.8 Å². The van der Waals surface area contributed by atoms with Crippen LogP contribution in [0.2, 0.25) is 5.02 Å². The molecule has 0 heterocycles. The SMILES string of the molecule is COc1cccc(OC)c1C(=O)Nc1cccc(SCC(=O)Nc2cc(C(=O)O)ccc2Cl)c1. The molecule has 3 aromatic carbocycles. The van der Waals surface area contributed by atoms with Crippen molar-refractivity contribution in [3.05, 3.63) is 76.8 Å². The molecule has 3 rings (SSSR count). The first-order valence-electron chi connectivity index (χ1n) is 9.90. The molecule has 0 bridgehead atoms. The van der Waals surface area contributed by atoms with Gasteiger partial charge in [0.25, 0.3) is 5.91 Å². The lowest BCUT2D eigenvalue weighted by Gasteiger charge is -2.13. The van der Waals surface area contributed by atoms with Crippen LogP contribution in [0.3, 0.4) is 0 Å². The number of carbonyl (C=O) groups excluding carboxylic acids is 2. The zero-order valence-electron chi connectivity index (χ0n) is 18.3. The highest BCUT2D eigenvalue weighted by Crippen LogP contribution is 2.30. The Bertz CT molecular complexity index is 1210. The van der Waals surface area contributed by atoms with E-state index < -0.39 is 11.9 Å². The average molecular weight is 501 g/mol. The number of benzene rings is 3. The van der Waals surface area contributed by atoms with E-state index in [1.165, 1.54) is 44.2 Å². The highest BCUT2D eigenvalue weighted by molar-refractivity contribution is 8.00. The van der Waals surface area contributed by atoms with Crippen LogP contribution in [0.1, 0.15) is 20.7 Å². The summed E-state index contributed by atoms with van der Waals surface area (Å²) in [5.41, 5.74) is 1.03. The number of hydrogen-bond donors (Lipinski definition) is 3. The minimum absolute atomic E-state index is 0.0162. The number of aromatic carboxylic acids is 1. The Hall–Kier alpha value is -3.69. The standard InChI is InChI=1S/C24H21ClN2O6S/c1-32-19-7-4-8-20(33-2)22(19)23(29)26-15-5-3-6-16(12-15)34-13-21(28)27-18-11-14(24(30)31)9-10-17(18)25/h3-12H,13H2,1-2H3,(H,26,29)(H,27,28)(H,30,31). The first-order chi connectivity index (χ1) is 16.3. The molecule has 3 aromatic rings. The van der Waals surface area contributed by atoms with E-state index >= 15 is 0 Å². The number of nitrogens with one attached hydrogen (secondary N) is 2. The van der Waals surface area contributed by atoms with E-state index in [1.54, 1.807) is 42.5 Å². The van der Waals surface area contributed by atoms with Gasteiger partial charge in [-0.3, -0.25) is 9.59 Å². The summed E-state index contributed by atoms with van der Waals surface area (Å²) in [5.74, 6) is -1.07. The molecule has 8 nitrogen and oxygen atoms in total. The fraction of sp³-hybridized carbons (Fsp3) is 0.125. The largest absolute Gasteiger partial charge is 0.496 e. The molecule has 0 unspecified atom stereocenters. The van der Waals surface area contributed by atoms with E-state index in [2.05, 4.69) is 10.6 Å². The molecule has 0 aliphatic rings. The van der Waals surface area contributed by atoms with Crippen LogP contribution >= 0.6 is 23.4 Å². The van der Waals surface area contributed by atoms with Crippen LogP contribution in [0, 0.1) is 0 Å². The third-order valence-electron chi connectivity index (χ3n) is 4.60. The van der Waals surface area contributed by atoms with Gasteiger partial charge in [-0.2, -0.15) is 0 Å². The monoisotopic (exact) mass is 500 g/mol. The average Bonchev–Trinajstić information content (AvgIpc) is 2.83. The van der Waals surface area contributed by atoms with Crippen molar-refractivity contribution in [1.29, 1.82) is 0 Å². The van der Waals surface area contributed by atoms with Gasteiger partial charge in [-0.25, -0.2) is 4.79 Å². The second-order valence-corrected chi connectivity index (χ2v) is 8.31. The molecule has 0 saturated heterocycles. The van der Waals surface area contributed by atoms with Gasteiger partial charge in [0.15, 0.2) is 0 Å². The van der Waals surface area contributed by atoms with E-state index in [9.17, 15) is 14.4 Å². The summed E-state index contributed by atoms with van der Waals surface area (Å²) >= 11 is 7.30. The molecule has 3 N–H and O–H groups in total. The van der Waals surface area contributed by atoms with Crippen LogP contribution in [0.5, 0.6) is 11.5 Å². The van der Waals surface area contributed by atoms with Gasteiger partial charge < -0.3 is 25.2 Å². The summed E-state index contributed by atoms with van der Waals surface area (Å²) in [5, 5.41) is 14.8. The summed E-state index contributed by atoms with van der Waals surface area (Å²) in [6.45, 7) is 0. The molecule has 34 heavy (non-hydrogen) atoms. The molecule has 176 valence electrons. The number of thioether (sulfide) groups is 1. The molecule has 0 aliphatic heterocycles. The summed E-state index contributed by atoms with van der Waals surface area (Å²) < 4.78 is 10.6. The van der Waals surface area contributed by atoms with Crippen molar-refractivity contribution in [2.45, 2.75) is 4.90 Å². The Morgan fingerprint density at radius 3 is 2.26 bits per heavy atom. The minimum Gasteiger partial charge on any atom is -0.496 e. The van der Waals surface area contributed by atoms with Crippen molar-refractivity contribution in [3.63, 3.8) is 0 Å². The maximum Gasteiger partial charge on any atom is 0.335 e. The Labute approximate surface area is 205 Å². The normalized spacial score (nSPS) is 10.3. The molecule has 0 saturated carbocycles. The van der Waals surface area contributed by atoms with Gasteiger partial charge in [-0.05, 0) is 48.5 Å². The van der Waals surface area contributed by atoms with E-state index in [1.807, 2.05) is 0 Å². The molecule has 0 fully saturated rings. The smallest absolute Gasteiger partial charge is 0.335 e. The quantitative estimate of drug-likeness (QED) is 0.353. The molecule has 0 radical (unpaired) electrons. The highest BCUT2D eigenvalue weighted by Gasteiger charge is 2.18. The number of methoxy groups -OCH3 is 2. The van der Waals surface area contributed by atoms with Gasteiger partial charge in [0.05, 0.1) is 36.2 Å². The summed E-state index contributed by atoms with van der Waals surface area (Å²) in [4.78, 5) is 37.1. The van der Waals surface area contributed by atoms with Crippen LogP contribution in [0.25, 0.3) is 0 Å². The maximum atomic E-state index is 12.9. The van der Waals surface area contributed by atoms with Crippen LogP contribution in [0.4, 0.5) is 11.4 Å². The van der Waals surface area contributed by atoms with Crippen LogP contribution in [0.15, 0.2) is 65.6 Å². The van der Waals surface area contributed by atoms with E-state index in [0.717, 1.165) is 4.90 Å². The Morgan fingerprint density at radius 2 is 1.62 bits per heavy atom. The third kappa shape index (κ3) is 6.21. The van der Waals surface area contributed by atoms with Crippen molar-refractivity contribution in [2.24, 2.45) is 0 Å². The maximum absolute atomic E-state index is 12.9. The Kier molecular flexibility index (Phi) is 8.39. The van der Waals surface area contributed by atoms with Crippen molar-refractivity contribution in [1.82, 2.24) is 0 Å². The molecule has 10 heteroatoms. The van der Waals surface area contributed by atoms with Gasteiger partial charge in [0.1, 0.15) is 17.1 Å². The highest BCUT2D eigenvalue weighted by atomic mass is 35.5. The van der Waals surface area contributed by atoms with Crippen LogP contribution < -0.4 is 20.1 Å². The zero-order chi connectivity index (χ0) is 24.7.